The van der Waals surface area contributed by atoms with E-state index >= 15 is 0 Å². The van der Waals surface area contributed by atoms with Crippen LogP contribution in [0.5, 0.6) is 0 Å². The molecule has 0 bridgehead atoms. The van der Waals surface area contributed by atoms with Crippen LogP contribution in [0.1, 0.15) is 16.8 Å². The molecule has 0 saturated carbocycles. The Balaban J connectivity index is 2.45. The third-order valence-electron chi connectivity index (χ3n) is 2.27. The highest BCUT2D eigenvalue weighted by Crippen LogP contribution is 2.17. The Bertz CT molecular complexity index is 417. The largest absolute Gasteiger partial charge is 0.383 e. The molecule has 0 heterocycles. The topological polar surface area (TPSA) is 38.3 Å². The van der Waals surface area contributed by atoms with E-state index in [1.807, 2.05) is 0 Å². The summed E-state index contributed by atoms with van der Waals surface area (Å²) in [5.41, 5.74) is 0.397. The number of rotatable bonds is 6. The quantitative estimate of drug-likeness (QED) is 0.810. The standard InChI is InChI=1S/C12H14BrClFNO2/c1-18-7-8(14)4-5-16-12(17)10-3-2-9(15)6-11(10)13/h2-3,6,8H,4-5,7H2,1H3,(H,16,17). The van der Waals surface area contributed by atoms with E-state index in [1.165, 1.54) is 18.2 Å². The molecule has 1 rings (SSSR count). The molecule has 100 valence electrons. The number of hydrogen-bond acceptors (Lipinski definition) is 2. The van der Waals surface area contributed by atoms with E-state index in [9.17, 15) is 9.18 Å². The molecule has 1 aromatic carbocycles. The van der Waals surface area contributed by atoms with Crippen LogP contribution in [0.2, 0.25) is 0 Å². The van der Waals surface area contributed by atoms with Gasteiger partial charge in [0, 0.05) is 18.1 Å². The van der Waals surface area contributed by atoms with E-state index < -0.39 is 0 Å². The summed E-state index contributed by atoms with van der Waals surface area (Å²) in [6.07, 6.45) is 0.611. The van der Waals surface area contributed by atoms with Gasteiger partial charge in [-0.3, -0.25) is 4.79 Å². The number of hydrogen-bond donors (Lipinski definition) is 1. The minimum Gasteiger partial charge on any atom is -0.383 e. The van der Waals surface area contributed by atoms with E-state index in [-0.39, 0.29) is 17.1 Å². The molecule has 0 aliphatic carbocycles. The zero-order valence-corrected chi connectivity index (χ0v) is 12.2. The summed E-state index contributed by atoms with van der Waals surface area (Å²) in [5.74, 6) is -0.650. The Labute approximate surface area is 119 Å². The first-order chi connectivity index (χ1) is 8.54. The zero-order valence-electron chi connectivity index (χ0n) is 9.88. The van der Waals surface area contributed by atoms with Gasteiger partial charge >= 0.3 is 0 Å². The summed E-state index contributed by atoms with van der Waals surface area (Å²) in [5, 5.41) is 2.58. The van der Waals surface area contributed by atoms with Crippen LogP contribution in [0.15, 0.2) is 22.7 Å². The van der Waals surface area contributed by atoms with E-state index in [2.05, 4.69) is 21.2 Å². The molecule has 3 nitrogen and oxygen atoms in total. The van der Waals surface area contributed by atoms with E-state index in [4.69, 9.17) is 16.3 Å². The normalized spacial score (nSPS) is 12.2. The van der Waals surface area contributed by atoms with Crippen molar-refractivity contribution in [2.24, 2.45) is 0 Å². The van der Waals surface area contributed by atoms with Gasteiger partial charge in [-0.15, -0.1) is 11.6 Å². The lowest BCUT2D eigenvalue weighted by Gasteiger charge is -2.10. The summed E-state index contributed by atoms with van der Waals surface area (Å²) in [6.45, 7) is 0.887. The number of carbonyl (C=O) groups excluding carboxylic acids is 1. The van der Waals surface area contributed by atoms with E-state index in [0.717, 1.165) is 0 Å². The molecule has 0 radical (unpaired) electrons. The average molecular weight is 339 g/mol. The summed E-state index contributed by atoms with van der Waals surface area (Å²) in [6, 6.07) is 3.93. The number of halogens is 3. The van der Waals surface area contributed by atoms with E-state index in [0.29, 0.717) is 29.6 Å². The second-order valence-electron chi connectivity index (χ2n) is 3.72. The maximum absolute atomic E-state index is 12.9. The lowest BCUT2D eigenvalue weighted by Crippen LogP contribution is -2.27. The second kappa shape index (κ2) is 7.71. The molecule has 0 fully saturated rings. The minimum atomic E-state index is -0.389. The fraction of sp³-hybridized carbons (Fsp3) is 0.417. The van der Waals surface area contributed by atoms with Crippen LogP contribution in [0.25, 0.3) is 0 Å². The Morgan fingerprint density at radius 1 is 1.61 bits per heavy atom. The van der Waals surface area contributed by atoms with Crippen molar-refractivity contribution in [2.75, 3.05) is 20.3 Å². The lowest BCUT2D eigenvalue weighted by molar-refractivity contribution is 0.0951. The Kier molecular flexibility index (Phi) is 6.60. The molecule has 1 atom stereocenters. The minimum absolute atomic E-state index is 0.132. The first-order valence-corrected chi connectivity index (χ1v) is 6.63. The number of benzene rings is 1. The van der Waals surface area contributed by atoms with Crippen molar-refractivity contribution in [3.8, 4) is 0 Å². The van der Waals surface area contributed by atoms with Crippen molar-refractivity contribution in [1.29, 1.82) is 0 Å². The van der Waals surface area contributed by atoms with Gasteiger partial charge in [-0.2, -0.15) is 0 Å². The third kappa shape index (κ3) is 4.92. The maximum Gasteiger partial charge on any atom is 0.252 e. The molecule has 0 spiro atoms. The summed E-state index contributed by atoms with van der Waals surface area (Å²) < 4.78 is 18.2. The van der Waals surface area contributed by atoms with E-state index in [1.54, 1.807) is 7.11 Å². The smallest absolute Gasteiger partial charge is 0.252 e. The third-order valence-corrected chi connectivity index (χ3v) is 3.27. The summed E-state index contributed by atoms with van der Waals surface area (Å²) >= 11 is 9.07. The molecule has 1 N–H and O–H groups in total. The first kappa shape index (κ1) is 15.4. The Morgan fingerprint density at radius 2 is 2.33 bits per heavy atom. The van der Waals surface area contributed by atoms with Crippen molar-refractivity contribution in [3.05, 3.63) is 34.1 Å². The number of methoxy groups -OCH3 is 1. The lowest BCUT2D eigenvalue weighted by atomic mass is 10.2. The molecule has 1 unspecified atom stereocenters. The molecule has 1 aromatic rings. The van der Waals surface area contributed by atoms with Crippen LogP contribution >= 0.6 is 27.5 Å². The molecule has 0 aromatic heterocycles. The maximum atomic E-state index is 12.9. The van der Waals surface area contributed by atoms with Gasteiger partial charge < -0.3 is 10.1 Å². The number of ether oxygens (including phenoxy) is 1. The van der Waals surface area contributed by atoms with Gasteiger partial charge in [0.25, 0.3) is 5.91 Å². The molecule has 1 amide bonds. The monoisotopic (exact) mass is 337 g/mol. The van der Waals surface area contributed by atoms with Gasteiger partial charge in [-0.05, 0) is 40.5 Å². The molecule has 18 heavy (non-hydrogen) atoms. The van der Waals surface area contributed by atoms with Crippen LogP contribution in [-0.4, -0.2) is 31.5 Å². The predicted octanol–water partition coefficient (Wildman–Crippen LogP) is 2.96. The number of carbonyl (C=O) groups is 1. The first-order valence-electron chi connectivity index (χ1n) is 5.41. The SMILES string of the molecule is COCC(Cl)CCNC(=O)c1ccc(F)cc1Br. The van der Waals surface area contributed by atoms with Crippen molar-refractivity contribution in [2.45, 2.75) is 11.8 Å². The van der Waals surface area contributed by atoms with Crippen molar-refractivity contribution in [3.63, 3.8) is 0 Å². The van der Waals surface area contributed by atoms with Gasteiger partial charge in [0.15, 0.2) is 0 Å². The van der Waals surface area contributed by atoms with Gasteiger partial charge in [-0.25, -0.2) is 4.39 Å². The molecule has 6 heteroatoms. The summed E-state index contributed by atoms with van der Waals surface area (Å²) in [7, 11) is 1.57. The van der Waals surface area contributed by atoms with Crippen LogP contribution < -0.4 is 5.32 Å². The van der Waals surface area contributed by atoms with Crippen LogP contribution in [0, 0.1) is 5.82 Å². The van der Waals surface area contributed by atoms with Gasteiger partial charge in [0.2, 0.25) is 0 Å². The van der Waals surface area contributed by atoms with Gasteiger partial charge in [-0.1, -0.05) is 0 Å². The van der Waals surface area contributed by atoms with Crippen molar-refractivity contribution < 1.29 is 13.9 Å². The highest BCUT2D eigenvalue weighted by atomic mass is 79.9. The van der Waals surface area contributed by atoms with Crippen LogP contribution in [0.4, 0.5) is 4.39 Å². The van der Waals surface area contributed by atoms with Crippen LogP contribution in [0.3, 0.4) is 0 Å². The molecular formula is C12H14BrClFNO2. The summed E-state index contributed by atoms with van der Waals surface area (Å²) in [4.78, 5) is 11.8. The highest BCUT2D eigenvalue weighted by molar-refractivity contribution is 9.10. The van der Waals surface area contributed by atoms with Crippen molar-refractivity contribution in [1.82, 2.24) is 5.32 Å². The van der Waals surface area contributed by atoms with Gasteiger partial charge in [0.05, 0.1) is 17.5 Å². The van der Waals surface area contributed by atoms with Crippen molar-refractivity contribution >= 4 is 33.4 Å². The number of nitrogens with one attached hydrogen (secondary N) is 1. The Hall–Kier alpha value is -0.650. The van der Waals surface area contributed by atoms with Gasteiger partial charge in [0.1, 0.15) is 5.82 Å². The van der Waals surface area contributed by atoms with Crippen LogP contribution in [-0.2, 0) is 4.74 Å². The zero-order chi connectivity index (χ0) is 13.5. The Morgan fingerprint density at radius 3 is 2.94 bits per heavy atom. The molecule has 0 saturated heterocycles. The number of alkyl halides is 1. The second-order valence-corrected chi connectivity index (χ2v) is 5.19. The average Bonchev–Trinajstić information content (AvgIpc) is 2.29. The fourth-order valence-electron chi connectivity index (χ4n) is 1.38. The predicted molar refractivity (Wildman–Crippen MR) is 72.6 cm³/mol. The molecule has 0 aliphatic heterocycles. The number of amides is 1. The molecule has 0 aliphatic rings. The fourth-order valence-corrected chi connectivity index (χ4v) is 2.14. The highest BCUT2D eigenvalue weighted by Gasteiger charge is 2.11. The molecular weight excluding hydrogens is 324 g/mol.